The minimum Gasteiger partial charge on any atom is -0.395 e. The van der Waals surface area contributed by atoms with Crippen molar-refractivity contribution < 1.29 is 4.79 Å². The van der Waals surface area contributed by atoms with Crippen LogP contribution in [0.3, 0.4) is 0 Å². The van der Waals surface area contributed by atoms with Crippen LogP contribution in [-0.4, -0.2) is 58.2 Å². The van der Waals surface area contributed by atoms with E-state index in [1.807, 2.05) is 11.8 Å². The van der Waals surface area contributed by atoms with E-state index in [4.69, 9.17) is 5.73 Å². The number of rotatable bonds is 1. The molecule has 0 bridgehead atoms. The number of carbonyl (C=O) groups excluding carboxylic acids is 1. The first kappa shape index (κ1) is 12.9. The minimum absolute atomic E-state index is 0.0180. The molecule has 1 aromatic rings. The Morgan fingerprint density at radius 1 is 1.39 bits per heavy atom. The largest absolute Gasteiger partial charge is 0.395 e. The number of nitrogens with two attached hydrogens (primary N) is 1. The molecule has 1 fully saturated rings. The molecule has 0 aromatic carbocycles. The fourth-order valence-electron chi connectivity index (χ4n) is 2.31. The Labute approximate surface area is 107 Å². The standard InChI is InChI=1S/C12H21N5O/c1-8-7-17(6-5-15(8)3)12(18)11-10(13)9(2)14-16(11)4/h8H,5-7,13H2,1-4H3. The highest BCUT2D eigenvalue weighted by Gasteiger charge is 2.28. The van der Waals surface area contributed by atoms with Gasteiger partial charge in [0.1, 0.15) is 5.69 Å². The Bertz CT molecular complexity index is 467. The summed E-state index contributed by atoms with van der Waals surface area (Å²) in [5, 5.41) is 4.19. The monoisotopic (exact) mass is 251 g/mol. The number of carbonyl (C=O) groups is 1. The molecular weight excluding hydrogens is 230 g/mol. The highest BCUT2D eigenvalue weighted by atomic mass is 16.2. The summed E-state index contributed by atoms with van der Waals surface area (Å²) >= 11 is 0. The van der Waals surface area contributed by atoms with Crippen LogP contribution < -0.4 is 5.73 Å². The van der Waals surface area contributed by atoms with E-state index in [0.717, 1.165) is 19.6 Å². The van der Waals surface area contributed by atoms with Crippen molar-refractivity contribution in [1.29, 1.82) is 0 Å². The SMILES string of the molecule is Cc1nn(C)c(C(=O)N2CCN(C)C(C)C2)c1N. The van der Waals surface area contributed by atoms with E-state index < -0.39 is 0 Å². The Morgan fingerprint density at radius 3 is 2.56 bits per heavy atom. The van der Waals surface area contributed by atoms with Crippen LogP contribution in [0.1, 0.15) is 23.1 Å². The van der Waals surface area contributed by atoms with E-state index in [2.05, 4.69) is 24.0 Å². The number of aromatic nitrogens is 2. The molecule has 2 rings (SSSR count). The predicted molar refractivity (Wildman–Crippen MR) is 70.4 cm³/mol. The first-order valence-corrected chi connectivity index (χ1v) is 6.20. The lowest BCUT2D eigenvalue weighted by atomic mass is 10.2. The lowest BCUT2D eigenvalue weighted by Gasteiger charge is -2.37. The van der Waals surface area contributed by atoms with E-state index in [1.54, 1.807) is 11.7 Å². The molecule has 1 unspecified atom stereocenters. The maximum absolute atomic E-state index is 12.5. The van der Waals surface area contributed by atoms with Crippen LogP contribution in [0, 0.1) is 6.92 Å². The Hall–Kier alpha value is -1.56. The molecule has 1 aromatic heterocycles. The maximum atomic E-state index is 12.5. The summed E-state index contributed by atoms with van der Waals surface area (Å²) in [4.78, 5) is 16.6. The highest BCUT2D eigenvalue weighted by Crippen LogP contribution is 2.19. The first-order chi connectivity index (χ1) is 8.41. The van der Waals surface area contributed by atoms with Crippen LogP contribution in [0.2, 0.25) is 0 Å². The van der Waals surface area contributed by atoms with Gasteiger partial charge in [0.2, 0.25) is 0 Å². The van der Waals surface area contributed by atoms with E-state index in [9.17, 15) is 4.79 Å². The van der Waals surface area contributed by atoms with Crippen molar-refractivity contribution in [2.75, 3.05) is 32.4 Å². The molecule has 1 amide bonds. The van der Waals surface area contributed by atoms with Gasteiger partial charge in [0.15, 0.2) is 0 Å². The smallest absolute Gasteiger partial charge is 0.274 e. The third-order valence-corrected chi connectivity index (χ3v) is 3.72. The van der Waals surface area contributed by atoms with Gasteiger partial charge in [0.05, 0.1) is 11.4 Å². The van der Waals surface area contributed by atoms with Gasteiger partial charge in [-0.2, -0.15) is 5.10 Å². The number of amides is 1. The average molecular weight is 251 g/mol. The minimum atomic E-state index is -0.0180. The zero-order valence-electron chi connectivity index (χ0n) is 11.5. The molecular formula is C12H21N5O. The van der Waals surface area contributed by atoms with Gasteiger partial charge in [-0.1, -0.05) is 0 Å². The summed E-state index contributed by atoms with van der Waals surface area (Å²) in [6.07, 6.45) is 0. The van der Waals surface area contributed by atoms with Gasteiger partial charge in [-0.15, -0.1) is 0 Å². The third kappa shape index (κ3) is 2.08. The van der Waals surface area contributed by atoms with Gasteiger partial charge >= 0.3 is 0 Å². The fraction of sp³-hybridized carbons (Fsp3) is 0.667. The molecule has 2 N–H and O–H groups in total. The van der Waals surface area contributed by atoms with E-state index in [-0.39, 0.29) is 5.91 Å². The summed E-state index contributed by atoms with van der Waals surface area (Å²) in [6.45, 7) is 6.31. The van der Waals surface area contributed by atoms with Crippen molar-refractivity contribution >= 4 is 11.6 Å². The van der Waals surface area contributed by atoms with Crippen LogP contribution >= 0.6 is 0 Å². The summed E-state index contributed by atoms with van der Waals surface area (Å²) in [5.74, 6) is -0.0180. The second-order valence-electron chi connectivity index (χ2n) is 5.05. The number of piperazine rings is 1. The number of aryl methyl sites for hydroxylation is 2. The molecule has 2 heterocycles. The molecule has 0 radical (unpaired) electrons. The average Bonchev–Trinajstić information content (AvgIpc) is 2.56. The van der Waals surface area contributed by atoms with Crippen LogP contribution in [0.5, 0.6) is 0 Å². The molecule has 18 heavy (non-hydrogen) atoms. The second kappa shape index (κ2) is 4.61. The quantitative estimate of drug-likeness (QED) is 0.768. The summed E-state index contributed by atoms with van der Waals surface area (Å²) in [7, 11) is 3.84. The van der Waals surface area contributed by atoms with E-state index in [1.165, 1.54) is 0 Å². The normalized spacial score (nSPS) is 21.3. The van der Waals surface area contributed by atoms with Gasteiger partial charge in [-0.05, 0) is 20.9 Å². The lowest BCUT2D eigenvalue weighted by molar-refractivity contribution is 0.0563. The molecule has 0 spiro atoms. The number of hydrogen-bond acceptors (Lipinski definition) is 4. The zero-order valence-corrected chi connectivity index (χ0v) is 11.5. The van der Waals surface area contributed by atoms with Gasteiger partial charge < -0.3 is 15.5 Å². The fourth-order valence-corrected chi connectivity index (χ4v) is 2.31. The Balaban J connectivity index is 2.21. The molecule has 100 valence electrons. The highest BCUT2D eigenvalue weighted by molar-refractivity contribution is 5.98. The van der Waals surface area contributed by atoms with Crippen molar-refractivity contribution in [2.45, 2.75) is 19.9 Å². The van der Waals surface area contributed by atoms with E-state index in [0.29, 0.717) is 23.1 Å². The van der Waals surface area contributed by atoms with Crippen molar-refractivity contribution in [3.8, 4) is 0 Å². The van der Waals surface area contributed by atoms with Crippen LogP contribution in [0.15, 0.2) is 0 Å². The third-order valence-electron chi connectivity index (χ3n) is 3.72. The molecule has 0 aliphatic carbocycles. The summed E-state index contributed by atoms with van der Waals surface area (Å²) < 4.78 is 1.58. The number of nitrogen functional groups attached to an aromatic ring is 1. The van der Waals surface area contributed by atoms with E-state index >= 15 is 0 Å². The molecule has 6 nitrogen and oxygen atoms in total. The lowest BCUT2D eigenvalue weighted by Crippen LogP contribution is -2.52. The molecule has 0 saturated carbocycles. The zero-order chi connectivity index (χ0) is 13.4. The second-order valence-corrected chi connectivity index (χ2v) is 5.05. The number of hydrogen-bond donors (Lipinski definition) is 1. The molecule has 1 aliphatic heterocycles. The van der Waals surface area contributed by atoms with Crippen LogP contribution in [0.4, 0.5) is 5.69 Å². The van der Waals surface area contributed by atoms with Gasteiger partial charge in [-0.3, -0.25) is 9.48 Å². The molecule has 1 aliphatic rings. The summed E-state index contributed by atoms with van der Waals surface area (Å²) in [5.41, 5.74) is 7.64. The molecule has 6 heteroatoms. The Morgan fingerprint density at radius 2 is 2.06 bits per heavy atom. The van der Waals surface area contributed by atoms with Crippen LogP contribution in [-0.2, 0) is 7.05 Å². The van der Waals surface area contributed by atoms with Crippen molar-refractivity contribution in [3.63, 3.8) is 0 Å². The number of nitrogens with zero attached hydrogens (tertiary/aromatic N) is 4. The predicted octanol–water partition coefficient (Wildman–Crippen LogP) is 0.0868. The van der Waals surface area contributed by atoms with Crippen molar-refractivity contribution in [1.82, 2.24) is 19.6 Å². The van der Waals surface area contributed by atoms with Crippen molar-refractivity contribution in [2.24, 2.45) is 7.05 Å². The first-order valence-electron chi connectivity index (χ1n) is 6.20. The number of likely N-dealkylation sites (N-methyl/N-ethyl adjacent to an activating group) is 1. The summed E-state index contributed by atoms with van der Waals surface area (Å²) in [6, 6.07) is 0.373. The van der Waals surface area contributed by atoms with Gasteiger partial charge in [0, 0.05) is 32.7 Å². The Kier molecular flexibility index (Phi) is 3.30. The molecule has 1 saturated heterocycles. The topological polar surface area (TPSA) is 67.4 Å². The van der Waals surface area contributed by atoms with Crippen LogP contribution in [0.25, 0.3) is 0 Å². The number of anilines is 1. The van der Waals surface area contributed by atoms with Crippen molar-refractivity contribution in [3.05, 3.63) is 11.4 Å². The van der Waals surface area contributed by atoms with Gasteiger partial charge in [-0.25, -0.2) is 0 Å². The maximum Gasteiger partial charge on any atom is 0.274 e. The molecule has 1 atom stereocenters. The van der Waals surface area contributed by atoms with Gasteiger partial charge in [0.25, 0.3) is 5.91 Å².